The van der Waals surface area contributed by atoms with E-state index in [0.29, 0.717) is 11.0 Å². The van der Waals surface area contributed by atoms with Gasteiger partial charge in [-0.2, -0.15) is 0 Å². The van der Waals surface area contributed by atoms with Gasteiger partial charge in [-0.15, -0.1) is 0 Å². The minimum absolute atomic E-state index is 0.0574. The summed E-state index contributed by atoms with van der Waals surface area (Å²) in [6, 6.07) is -0.579. The number of benzene rings is 1. The van der Waals surface area contributed by atoms with Crippen LogP contribution in [0.1, 0.15) is 84.7 Å². The first-order chi connectivity index (χ1) is 17.1. The molecule has 3 aliphatic rings. The molecule has 2 fully saturated rings. The van der Waals surface area contributed by atoms with E-state index < -0.39 is 95.8 Å². The van der Waals surface area contributed by atoms with Crippen LogP contribution in [0.3, 0.4) is 0 Å². The molecule has 162 valence electrons. The number of likely N-dealkylation sites (tertiary alicyclic amines) is 1. The smallest absolute Gasteiger partial charge is 0.255 e. The van der Waals surface area contributed by atoms with Gasteiger partial charge < -0.3 is 4.90 Å². The fraction of sp³-hybridized carbons (Fsp3) is 0.591. The average Bonchev–Trinajstić information content (AvgIpc) is 3.04. The monoisotopic (exact) mass is 427 g/mol. The van der Waals surface area contributed by atoms with Crippen molar-refractivity contribution in [3.63, 3.8) is 0 Å². The van der Waals surface area contributed by atoms with Crippen molar-refractivity contribution < 1.29 is 34.1 Å². The van der Waals surface area contributed by atoms with Crippen LogP contribution in [0.15, 0.2) is 6.07 Å². The molecule has 0 unspecified atom stereocenters. The van der Waals surface area contributed by atoms with Crippen LogP contribution in [-0.2, 0) is 16.1 Å². The fourth-order valence-corrected chi connectivity index (χ4v) is 3.72. The Bertz CT molecular complexity index is 1220. The van der Waals surface area contributed by atoms with Gasteiger partial charge in [-0.3, -0.25) is 24.6 Å². The van der Waals surface area contributed by atoms with Crippen LogP contribution in [0.25, 0.3) is 0 Å². The number of piperidine rings is 2. The van der Waals surface area contributed by atoms with Crippen molar-refractivity contribution >= 4 is 17.7 Å². The lowest BCUT2D eigenvalue weighted by atomic mass is 9.85. The second kappa shape index (κ2) is 7.41. The highest BCUT2D eigenvalue weighted by atomic mass is 19.1. The Balaban J connectivity index is 1.87. The summed E-state index contributed by atoms with van der Waals surface area (Å²) in [7, 11) is 0. The topological polar surface area (TPSA) is 69.7 Å². The van der Waals surface area contributed by atoms with Crippen molar-refractivity contribution in [1.29, 1.82) is 0 Å². The molecule has 3 amide bonds. The second-order valence-corrected chi connectivity index (χ2v) is 8.46. The van der Waals surface area contributed by atoms with Crippen molar-refractivity contribution in [1.82, 2.24) is 15.1 Å². The highest BCUT2D eigenvalue weighted by Crippen LogP contribution is 2.38. The normalized spacial score (nSPS) is 34.4. The lowest BCUT2D eigenvalue weighted by Crippen LogP contribution is -2.52. The third kappa shape index (κ3) is 3.51. The minimum atomic E-state index is -3.36. The standard InChI is InChI=1S/C22H27F2N3O3/c1-22(2,3)26-8-6-12(7-9-26)18-15(23)10-13-14(19(18)24)11-27(21(13)30)16-4-5-17(28)25-20(16)29/h10,12,16H,4-9,11H2,1-3H3,(H,25,28,29)/t16-/m0/s1/i6D2,7D2,8D2,9D2. The second-order valence-electron chi connectivity index (χ2n) is 8.46. The summed E-state index contributed by atoms with van der Waals surface area (Å²) in [6.07, 6.45) is -6.87. The number of carbonyl (C=O) groups is 3. The summed E-state index contributed by atoms with van der Waals surface area (Å²) in [4.78, 5) is 38.1. The van der Waals surface area contributed by atoms with Gasteiger partial charge in [0.05, 0.1) is 12.1 Å². The first kappa shape index (κ1) is 13.1. The molecule has 6 nitrogen and oxygen atoms in total. The van der Waals surface area contributed by atoms with Gasteiger partial charge in [0.1, 0.15) is 17.7 Å². The highest BCUT2D eigenvalue weighted by Gasteiger charge is 2.42. The SMILES string of the molecule is [2H]C1([2H])C(c2c(F)cc3c(c2F)CN([C@H]2CCC(=O)NC2=O)C3=O)C([2H])([2H])C([2H])([2H])N(C(C)(C)C)C1([2H])[2H]. The molecule has 1 N–H and O–H groups in total. The van der Waals surface area contributed by atoms with Gasteiger partial charge in [0.15, 0.2) is 0 Å². The van der Waals surface area contributed by atoms with Crippen LogP contribution in [-0.4, -0.2) is 52.1 Å². The number of fused-ring (bicyclic) bond motifs is 1. The van der Waals surface area contributed by atoms with Gasteiger partial charge in [-0.1, -0.05) is 0 Å². The summed E-state index contributed by atoms with van der Waals surface area (Å²) in [6.45, 7) is -2.95. The molecule has 0 aliphatic carbocycles. The van der Waals surface area contributed by atoms with Gasteiger partial charge in [0, 0.05) is 34.1 Å². The van der Waals surface area contributed by atoms with Crippen molar-refractivity contribution in [2.45, 2.75) is 70.4 Å². The third-order valence-electron chi connectivity index (χ3n) is 5.36. The maximum Gasteiger partial charge on any atom is 0.255 e. The number of rotatable bonds is 2. The Kier molecular flexibility index (Phi) is 3.25. The largest absolute Gasteiger partial charge is 0.322 e. The first-order valence-electron chi connectivity index (χ1n) is 13.6. The molecule has 0 spiro atoms. The summed E-state index contributed by atoms with van der Waals surface area (Å²) < 4.78 is 100. The van der Waals surface area contributed by atoms with Crippen LogP contribution in [0.5, 0.6) is 0 Å². The van der Waals surface area contributed by atoms with Crippen LogP contribution < -0.4 is 5.32 Å². The molecule has 30 heavy (non-hydrogen) atoms. The first-order valence-corrected chi connectivity index (χ1v) is 9.56. The van der Waals surface area contributed by atoms with Crippen LogP contribution >= 0.6 is 0 Å². The van der Waals surface area contributed by atoms with Gasteiger partial charge in [0.2, 0.25) is 11.8 Å². The number of hydrogen-bond donors (Lipinski definition) is 1. The van der Waals surface area contributed by atoms with E-state index in [1.807, 2.05) is 0 Å². The lowest BCUT2D eigenvalue weighted by molar-refractivity contribution is -0.136. The van der Waals surface area contributed by atoms with Gasteiger partial charge in [-0.05, 0) is 64.9 Å². The quantitative estimate of drug-likeness (QED) is 0.737. The molecular weight excluding hydrogens is 392 g/mol. The number of hydrogen-bond acceptors (Lipinski definition) is 4. The Morgan fingerprint density at radius 1 is 1.17 bits per heavy atom. The molecule has 1 aromatic carbocycles. The molecule has 0 saturated carbocycles. The zero-order valence-electron chi connectivity index (χ0n) is 24.7. The number of nitrogens with zero attached hydrogens (tertiary/aromatic N) is 2. The van der Waals surface area contributed by atoms with Gasteiger partial charge in [-0.25, -0.2) is 8.78 Å². The Labute approximate surface area is 185 Å². The molecule has 1 aromatic rings. The van der Waals surface area contributed by atoms with E-state index in [-0.39, 0.29) is 12.8 Å². The minimum Gasteiger partial charge on any atom is -0.322 e. The summed E-state index contributed by atoms with van der Waals surface area (Å²) in [5.74, 6) is -7.94. The van der Waals surface area contributed by atoms with E-state index >= 15 is 8.78 Å². The van der Waals surface area contributed by atoms with Crippen molar-refractivity contribution in [3.05, 3.63) is 34.4 Å². The van der Waals surface area contributed by atoms with E-state index in [9.17, 15) is 14.4 Å². The molecule has 3 aliphatic heterocycles. The number of halogens is 2. The third-order valence-corrected chi connectivity index (χ3v) is 5.36. The predicted molar refractivity (Wildman–Crippen MR) is 106 cm³/mol. The zero-order valence-corrected chi connectivity index (χ0v) is 16.7. The molecular formula is C22H27F2N3O3. The maximum absolute atomic E-state index is 16.0. The van der Waals surface area contributed by atoms with E-state index in [4.69, 9.17) is 11.0 Å². The molecule has 0 radical (unpaired) electrons. The Hall–Kier alpha value is -2.35. The molecule has 2 saturated heterocycles. The Morgan fingerprint density at radius 3 is 2.43 bits per heavy atom. The molecule has 8 heteroatoms. The zero-order chi connectivity index (χ0) is 29.0. The summed E-state index contributed by atoms with van der Waals surface area (Å²) in [5.41, 5.74) is -3.60. The highest BCUT2D eigenvalue weighted by molar-refractivity contribution is 6.05. The number of imide groups is 1. The Morgan fingerprint density at radius 2 is 1.83 bits per heavy atom. The van der Waals surface area contributed by atoms with Gasteiger partial charge in [0.25, 0.3) is 5.91 Å². The summed E-state index contributed by atoms with van der Waals surface area (Å²) >= 11 is 0. The number of carbonyl (C=O) groups excluding carboxylic acids is 3. The summed E-state index contributed by atoms with van der Waals surface area (Å²) in [5, 5.41) is 2.07. The molecule has 0 bridgehead atoms. The molecule has 3 heterocycles. The van der Waals surface area contributed by atoms with Crippen molar-refractivity contribution in [2.75, 3.05) is 13.0 Å². The van der Waals surface area contributed by atoms with Crippen molar-refractivity contribution in [3.8, 4) is 0 Å². The van der Waals surface area contributed by atoms with Crippen LogP contribution in [0.4, 0.5) is 8.78 Å². The predicted octanol–water partition coefficient (Wildman–Crippen LogP) is 2.70. The van der Waals surface area contributed by atoms with E-state index in [1.165, 1.54) is 20.8 Å². The lowest BCUT2D eigenvalue weighted by Gasteiger charge is -2.41. The molecule has 0 aromatic heterocycles. The average molecular weight is 428 g/mol. The van der Waals surface area contributed by atoms with Crippen molar-refractivity contribution in [2.24, 2.45) is 0 Å². The number of amides is 3. The van der Waals surface area contributed by atoms with Crippen LogP contribution in [0, 0.1) is 11.6 Å². The van der Waals surface area contributed by atoms with E-state index in [1.54, 1.807) is 0 Å². The fourth-order valence-electron chi connectivity index (χ4n) is 3.72. The van der Waals surface area contributed by atoms with Crippen LogP contribution in [0.2, 0.25) is 0 Å². The van der Waals surface area contributed by atoms with Gasteiger partial charge >= 0.3 is 0 Å². The molecule has 4 rings (SSSR count). The molecule has 1 atom stereocenters. The maximum atomic E-state index is 16.0. The van der Waals surface area contributed by atoms with E-state index in [2.05, 4.69) is 5.32 Å². The number of nitrogens with one attached hydrogen (secondary N) is 1. The van der Waals surface area contributed by atoms with E-state index in [0.717, 1.165) is 4.90 Å².